The molecule has 0 saturated heterocycles. The topological polar surface area (TPSA) is 69.9 Å². The van der Waals surface area contributed by atoms with Gasteiger partial charge in [-0.25, -0.2) is 0 Å². The summed E-state index contributed by atoms with van der Waals surface area (Å²) in [7, 11) is 0. The number of hydrogen-bond donors (Lipinski definition) is 3. The number of para-hydroxylation sites is 1. The second-order valence-electron chi connectivity index (χ2n) is 3.61. The van der Waals surface area contributed by atoms with Gasteiger partial charge in [-0.2, -0.15) is 0 Å². The molecule has 4 nitrogen and oxygen atoms in total. The number of ether oxygens (including phenoxy) is 1. The van der Waals surface area contributed by atoms with Gasteiger partial charge >= 0.3 is 0 Å². The van der Waals surface area contributed by atoms with Gasteiger partial charge in [-0.1, -0.05) is 25.1 Å². The van der Waals surface area contributed by atoms with E-state index in [-0.39, 0.29) is 13.2 Å². The second kappa shape index (κ2) is 6.48. The van der Waals surface area contributed by atoms with Crippen molar-refractivity contribution in [2.24, 2.45) is 0 Å². The highest BCUT2D eigenvalue weighted by Crippen LogP contribution is 2.26. The summed E-state index contributed by atoms with van der Waals surface area (Å²) >= 11 is 0. The summed E-state index contributed by atoms with van der Waals surface area (Å²) < 4.78 is 5.34. The van der Waals surface area contributed by atoms with Crippen LogP contribution >= 0.6 is 0 Å². The lowest BCUT2D eigenvalue weighted by Gasteiger charge is -2.16. The van der Waals surface area contributed by atoms with Crippen LogP contribution in [0, 0.1) is 0 Å². The third-order valence-corrected chi connectivity index (χ3v) is 2.31. The average Bonchev–Trinajstić information content (AvgIpc) is 2.35. The predicted molar refractivity (Wildman–Crippen MR) is 60.3 cm³/mol. The van der Waals surface area contributed by atoms with E-state index in [1.54, 1.807) is 18.2 Å². The molecule has 0 aromatic heterocycles. The van der Waals surface area contributed by atoms with Crippen LogP contribution in [0.1, 0.15) is 25.0 Å². The monoisotopic (exact) mass is 226 g/mol. The van der Waals surface area contributed by atoms with Crippen LogP contribution in [0.15, 0.2) is 24.3 Å². The van der Waals surface area contributed by atoms with Gasteiger partial charge in [0, 0.05) is 5.56 Å². The van der Waals surface area contributed by atoms with Crippen molar-refractivity contribution < 1.29 is 20.1 Å². The molecule has 0 aliphatic carbocycles. The standard InChI is InChI=1S/C12H18O4/c1-2-11(15)10-5-3-4-6-12(10)16-8-9(14)7-13/h3-6,9,11,13-15H,2,7-8H2,1H3. The highest BCUT2D eigenvalue weighted by Gasteiger charge is 2.12. The number of hydrogen-bond acceptors (Lipinski definition) is 4. The summed E-state index contributed by atoms with van der Waals surface area (Å²) in [6.07, 6.45) is -0.863. The van der Waals surface area contributed by atoms with Gasteiger partial charge in [-0.3, -0.25) is 0 Å². The first kappa shape index (κ1) is 13.0. The molecule has 2 atom stereocenters. The Morgan fingerprint density at radius 2 is 1.94 bits per heavy atom. The largest absolute Gasteiger partial charge is 0.490 e. The molecule has 0 aliphatic rings. The molecule has 0 spiro atoms. The highest BCUT2D eigenvalue weighted by atomic mass is 16.5. The van der Waals surface area contributed by atoms with Gasteiger partial charge in [0.1, 0.15) is 18.5 Å². The molecule has 1 rings (SSSR count). The molecule has 1 aromatic carbocycles. The van der Waals surface area contributed by atoms with E-state index in [9.17, 15) is 5.11 Å². The Hall–Kier alpha value is -1.10. The Kier molecular flexibility index (Phi) is 5.25. The van der Waals surface area contributed by atoms with E-state index in [4.69, 9.17) is 14.9 Å². The molecule has 3 N–H and O–H groups in total. The van der Waals surface area contributed by atoms with Crippen molar-refractivity contribution in [1.82, 2.24) is 0 Å². The SMILES string of the molecule is CCC(O)c1ccccc1OCC(O)CO. The number of benzene rings is 1. The molecule has 0 fully saturated rings. The van der Waals surface area contributed by atoms with Crippen LogP contribution in [0.2, 0.25) is 0 Å². The number of rotatable bonds is 6. The zero-order valence-corrected chi connectivity index (χ0v) is 9.34. The van der Waals surface area contributed by atoms with Crippen molar-refractivity contribution >= 4 is 0 Å². The van der Waals surface area contributed by atoms with Crippen LogP contribution in [0.4, 0.5) is 0 Å². The van der Waals surface area contributed by atoms with Crippen molar-refractivity contribution in [1.29, 1.82) is 0 Å². The van der Waals surface area contributed by atoms with Crippen LogP contribution < -0.4 is 4.74 Å². The van der Waals surface area contributed by atoms with E-state index in [0.29, 0.717) is 17.7 Å². The lowest BCUT2D eigenvalue weighted by Crippen LogP contribution is -2.21. The molecule has 0 heterocycles. The van der Waals surface area contributed by atoms with Crippen LogP contribution in [0.25, 0.3) is 0 Å². The summed E-state index contributed by atoms with van der Waals surface area (Å²) in [4.78, 5) is 0. The quantitative estimate of drug-likeness (QED) is 0.673. The first-order valence-corrected chi connectivity index (χ1v) is 5.37. The molecule has 16 heavy (non-hydrogen) atoms. The molecule has 0 bridgehead atoms. The Morgan fingerprint density at radius 3 is 2.56 bits per heavy atom. The van der Waals surface area contributed by atoms with Gasteiger partial charge in [0.15, 0.2) is 0 Å². The molecular weight excluding hydrogens is 208 g/mol. The minimum atomic E-state index is -0.896. The summed E-state index contributed by atoms with van der Waals surface area (Å²) in [6.45, 7) is 1.56. The van der Waals surface area contributed by atoms with Gasteiger partial charge in [-0.15, -0.1) is 0 Å². The van der Waals surface area contributed by atoms with Gasteiger partial charge in [-0.05, 0) is 12.5 Å². The van der Waals surface area contributed by atoms with E-state index in [0.717, 1.165) is 0 Å². The average molecular weight is 226 g/mol. The molecule has 90 valence electrons. The molecule has 0 aliphatic heterocycles. The number of aliphatic hydroxyl groups is 3. The van der Waals surface area contributed by atoms with Crippen molar-refractivity contribution in [3.8, 4) is 5.75 Å². The molecular formula is C12H18O4. The van der Waals surface area contributed by atoms with Crippen molar-refractivity contribution in [3.63, 3.8) is 0 Å². The fourth-order valence-electron chi connectivity index (χ4n) is 1.35. The predicted octanol–water partition coefficient (Wildman–Crippen LogP) is 0.862. The zero-order valence-electron chi connectivity index (χ0n) is 9.34. The van der Waals surface area contributed by atoms with Crippen LogP contribution in [-0.2, 0) is 0 Å². The van der Waals surface area contributed by atoms with Crippen molar-refractivity contribution in [2.45, 2.75) is 25.6 Å². The molecule has 4 heteroatoms. The normalized spacial score (nSPS) is 14.5. The second-order valence-corrected chi connectivity index (χ2v) is 3.61. The first-order chi connectivity index (χ1) is 7.69. The number of aliphatic hydroxyl groups excluding tert-OH is 3. The van der Waals surface area contributed by atoms with Crippen LogP contribution in [0.3, 0.4) is 0 Å². The lowest BCUT2D eigenvalue weighted by atomic mass is 10.1. The van der Waals surface area contributed by atoms with E-state index < -0.39 is 12.2 Å². The maximum atomic E-state index is 9.74. The summed E-state index contributed by atoms with van der Waals surface area (Å²) in [6, 6.07) is 7.14. The third-order valence-electron chi connectivity index (χ3n) is 2.31. The first-order valence-electron chi connectivity index (χ1n) is 5.37. The Balaban J connectivity index is 2.71. The van der Waals surface area contributed by atoms with E-state index in [1.165, 1.54) is 0 Å². The maximum absolute atomic E-state index is 9.74. The lowest BCUT2D eigenvalue weighted by molar-refractivity contribution is 0.0520. The smallest absolute Gasteiger partial charge is 0.125 e. The molecule has 0 amide bonds. The maximum Gasteiger partial charge on any atom is 0.125 e. The van der Waals surface area contributed by atoms with E-state index in [2.05, 4.69) is 0 Å². The molecule has 2 unspecified atom stereocenters. The van der Waals surface area contributed by atoms with E-state index >= 15 is 0 Å². The van der Waals surface area contributed by atoms with Gasteiger partial charge in [0.2, 0.25) is 0 Å². The van der Waals surface area contributed by atoms with Gasteiger partial charge < -0.3 is 20.1 Å². The zero-order chi connectivity index (χ0) is 12.0. The molecule has 0 saturated carbocycles. The van der Waals surface area contributed by atoms with Crippen molar-refractivity contribution in [2.75, 3.05) is 13.2 Å². The third kappa shape index (κ3) is 3.48. The van der Waals surface area contributed by atoms with Crippen molar-refractivity contribution in [3.05, 3.63) is 29.8 Å². The Bertz CT molecular complexity index is 314. The summed E-state index contributed by atoms with van der Waals surface area (Å²) in [5.41, 5.74) is 0.704. The van der Waals surface area contributed by atoms with Gasteiger partial charge in [0.25, 0.3) is 0 Å². The minimum absolute atomic E-state index is 0.0178. The summed E-state index contributed by atoms with van der Waals surface area (Å²) in [5, 5.41) is 27.6. The fraction of sp³-hybridized carbons (Fsp3) is 0.500. The fourth-order valence-corrected chi connectivity index (χ4v) is 1.35. The van der Waals surface area contributed by atoms with Crippen LogP contribution in [-0.4, -0.2) is 34.6 Å². The molecule has 0 radical (unpaired) electrons. The highest BCUT2D eigenvalue weighted by molar-refractivity contribution is 5.35. The Morgan fingerprint density at radius 1 is 1.25 bits per heavy atom. The van der Waals surface area contributed by atoms with Gasteiger partial charge in [0.05, 0.1) is 12.7 Å². The summed E-state index contributed by atoms with van der Waals surface area (Å²) in [5.74, 6) is 0.546. The van der Waals surface area contributed by atoms with E-state index in [1.807, 2.05) is 13.0 Å². The van der Waals surface area contributed by atoms with Crippen LogP contribution in [0.5, 0.6) is 5.75 Å². The Labute approximate surface area is 95.1 Å². The molecule has 1 aromatic rings. The minimum Gasteiger partial charge on any atom is -0.490 e.